The van der Waals surface area contributed by atoms with Crippen molar-refractivity contribution < 1.29 is 0 Å². The zero-order valence-corrected chi connectivity index (χ0v) is 9.92. The van der Waals surface area contributed by atoms with Gasteiger partial charge in [0.25, 0.3) is 0 Å². The number of halogens is 2. The van der Waals surface area contributed by atoms with Crippen LogP contribution in [0.1, 0.15) is 5.69 Å². The lowest BCUT2D eigenvalue weighted by Gasteiger charge is -1.89. The lowest BCUT2D eigenvalue weighted by atomic mass is 10.6. The Morgan fingerprint density at radius 3 is 2.67 bits per heavy atom. The number of rotatable bonds is 3. The van der Waals surface area contributed by atoms with Gasteiger partial charge in [0, 0.05) is 23.4 Å². The summed E-state index contributed by atoms with van der Waals surface area (Å²) >= 11 is 3.41. The second-order valence-corrected chi connectivity index (χ2v) is 4.09. The van der Waals surface area contributed by atoms with Gasteiger partial charge in [0.05, 0.1) is 0 Å². The van der Waals surface area contributed by atoms with E-state index in [1.165, 1.54) is 0 Å². The minimum absolute atomic E-state index is 0. The van der Waals surface area contributed by atoms with Gasteiger partial charge in [-0.2, -0.15) is 0 Å². The van der Waals surface area contributed by atoms with Crippen molar-refractivity contribution in [3.8, 4) is 0 Å². The van der Waals surface area contributed by atoms with Gasteiger partial charge in [-0.3, -0.25) is 0 Å². The van der Waals surface area contributed by atoms with Crippen LogP contribution in [0.15, 0.2) is 9.72 Å². The molecule has 0 saturated carbocycles. The lowest BCUT2D eigenvalue weighted by molar-refractivity contribution is 1.13. The highest BCUT2D eigenvalue weighted by Crippen LogP contribution is 2.21. The Kier molecular flexibility index (Phi) is 10.2. The van der Waals surface area contributed by atoms with Crippen molar-refractivity contribution in [2.24, 2.45) is 5.73 Å². The summed E-state index contributed by atoms with van der Waals surface area (Å²) in [5, 5.41) is 2.05. The Balaban J connectivity index is 0. The quantitative estimate of drug-likeness (QED) is 0.833. The van der Waals surface area contributed by atoms with Gasteiger partial charge in [-0.25, -0.2) is 4.98 Å². The number of hydrogen-bond acceptors (Lipinski definition) is 4. The molecule has 0 unspecified atom stereocenters. The SMILES string of the molecule is Cc1csc(SCCN)n1.Cl.Cl. The molecule has 0 aliphatic carbocycles. The summed E-state index contributed by atoms with van der Waals surface area (Å²) in [7, 11) is 0. The third kappa shape index (κ3) is 5.22. The van der Waals surface area contributed by atoms with E-state index in [0.717, 1.165) is 22.3 Å². The molecular weight excluding hydrogens is 235 g/mol. The van der Waals surface area contributed by atoms with Crippen molar-refractivity contribution in [2.75, 3.05) is 12.3 Å². The second-order valence-electron chi connectivity index (χ2n) is 1.89. The molecule has 2 N–H and O–H groups in total. The molecule has 1 rings (SSSR count). The van der Waals surface area contributed by atoms with Crippen LogP contribution >= 0.6 is 47.9 Å². The normalized spacial score (nSPS) is 8.50. The van der Waals surface area contributed by atoms with Crippen LogP contribution < -0.4 is 5.73 Å². The predicted molar refractivity (Wildman–Crippen MR) is 61.1 cm³/mol. The number of nitrogens with two attached hydrogens (primary N) is 1. The van der Waals surface area contributed by atoms with Crippen molar-refractivity contribution in [3.05, 3.63) is 11.1 Å². The molecule has 0 atom stereocenters. The van der Waals surface area contributed by atoms with Crippen LogP contribution in [0.3, 0.4) is 0 Å². The van der Waals surface area contributed by atoms with E-state index in [0.29, 0.717) is 0 Å². The van der Waals surface area contributed by atoms with E-state index in [2.05, 4.69) is 10.4 Å². The second kappa shape index (κ2) is 8.13. The van der Waals surface area contributed by atoms with E-state index in [-0.39, 0.29) is 24.8 Å². The van der Waals surface area contributed by atoms with Crippen molar-refractivity contribution in [1.29, 1.82) is 0 Å². The minimum atomic E-state index is 0. The van der Waals surface area contributed by atoms with Gasteiger partial charge >= 0.3 is 0 Å². The Morgan fingerprint density at radius 2 is 2.25 bits per heavy atom. The Morgan fingerprint density at radius 1 is 1.58 bits per heavy atom. The summed E-state index contributed by atoms with van der Waals surface area (Å²) in [5.41, 5.74) is 6.44. The van der Waals surface area contributed by atoms with Crippen molar-refractivity contribution in [2.45, 2.75) is 11.3 Å². The van der Waals surface area contributed by atoms with E-state index in [9.17, 15) is 0 Å². The van der Waals surface area contributed by atoms with Gasteiger partial charge in [0.15, 0.2) is 0 Å². The van der Waals surface area contributed by atoms with Gasteiger partial charge in [0.1, 0.15) is 4.34 Å². The van der Waals surface area contributed by atoms with E-state index >= 15 is 0 Å². The summed E-state index contributed by atoms with van der Waals surface area (Å²) < 4.78 is 1.13. The van der Waals surface area contributed by atoms with E-state index in [1.807, 2.05) is 6.92 Å². The smallest absolute Gasteiger partial charge is 0.150 e. The molecule has 0 bridgehead atoms. The van der Waals surface area contributed by atoms with Crippen LogP contribution in [0, 0.1) is 6.92 Å². The number of thiazole rings is 1. The summed E-state index contributed by atoms with van der Waals surface area (Å²) in [6, 6.07) is 0. The average Bonchev–Trinajstić information content (AvgIpc) is 2.31. The van der Waals surface area contributed by atoms with Crippen molar-refractivity contribution in [3.63, 3.8) is 0 Å². The van der Waals surface area contributed by atoms with Gasteiger partial charge in [-0.1, -0.05) is 11.8 Å². The fourth-order valence-corrected chi connectivity index (χ4v) is 2.23. The number of thioether (sulfide) groups is 1. The van der Waals surface area contributed by atoms with Gasteiger partial charge in [-0.15, -0.1) is 36.2 Å². The third-order valence-corrected chi connectivity index (χ3v) is 3.11. The molecule has 0 amide bonds. The number of hydrogen-bond donors (Lipinski definition) is 1. The summed E-state index contributed by atoms with van der Waals surface area (Å²) in [6.07, 6.45) is 0. The zero-order valence-electron chi connectivity index (χ0n) is 6.65. The molecule has 12 heavy (non-hydrogen) atoms. The Hall–Kier alpha value is 0.520. The summed E-state index contributed by atoms with van der Waals surface area (Å²) in [5.74, 6) is 0.965. The topological polar surface area (TPSA) is 38.9 Å². The molecule has 0 radical (unpaired) electrons. The van der Waals surface area contributed by atoms with Crippen LogP contribution in [0.25, 0.3) is 0 Å². The molecule has 0 fully saturated rings. The summed E-state index contributed by atoms with van der Waals surface area (Å²) in [6.45, 7) is 2.73. The molecule has 1 aromatic heterocycles. The molecule has 0 saturated heterocycles. The van der Waals surface area contributed by atoms with Crippen LogP contribution in [-0.2, 0) is 0 Å². The highest BCUT2D eigenvalue weighted by Gasteiger charge is 1.96. The fourth-order valence-electron chi connectivity index (χ4n) is 0.545. The molecule has 6 heteroatoms. The largest absolute Gasteiger partial charge is 0.330 e. The number of aryl methyl sites for hydroxylation is 1. The maximum absolute atomic E-state index is 5.34. The standard InChI is InChI=1S/C6H10N2S2.2ClH/c1-5-4-10-6(8-5)9-3-2-7;;/h4H,2-3,7H2,1H3;2*1H. The molecule has 2 nitrogen and oxygen atoms in total. The number of nitrogens with zero attached hydrogens (tertiary/aromatic N) is 1. The highest BCUT2D eigenvalue weighted by molar-refractivity contribution is 8.01. The molecular formula is C6H12Cl2N2S2. The third-order valence-electron chi connectivity index (χ3n) is 0.941. The Labute approximate surface area is 93.2 Å². The first-order chi connectivity index (χ1) is 4.83. The van der Waals surface area contributed by atoms with Crippen LogP contribution in [0.2, 0.25) is 0 Å². The molecule has 0 aromatic carbocycles. The van der Waals surface area contributed by atoms with Gasteiger partial charge in [-0.05, 0) is 6.92 Å². The Bertz CT molecular complexity index is 205. The monoisotopic (exact) mass is 246 g/mol. The predicted octanol–water partition coefficient (Wildman–Crippen LogP) is 2.35. The van der Waals surface area contributed by atoms with E-state index in [4.69, 9.17) is 5.73 Å². The molecule has 0 spiro atoms. The van der Waals surface area contributed by atoms with Crippen LogP contribution in [0.5, 0.6) is 0 Å². The van der Waals surface area contributed by atoms with Crippen molar-refractivity contribution in [1.82, 2.24) is 4.98 Å². The zero-order chi connectivity index (χ0) is 7.40. The lowest BCUT2D eigenvalue weighted by Crippen LogP contribution is -2.00. The number of aromatic nitrogens is 1. The first-order valence-electron chi connectivity index (χ1n) is 3.08. The minimum Gasteiger partial charge on any atom is -0.330 e. The molecule has 0 aliphatic rings. The van der Waals surface area contributed by atoms with Gasteiger partial charge < -0.3 is 5.73 Å². The first-order valence-corrected chi connectivity index (χ1v) is 4.94. The highest BCUT2D eigenvalue weighted by atomic mass is 35.5. The van der Waals surface area contributed by atoms with E-state index < -0.39 is 0 Å². The maximum Gasteiger partial charge on any atom is 0.150 e. The molecule has 0 aliphatic heterocycles. The molecule has 1 aromatic rings. The van der Waals surface area contributed by atoms with E-state index in [1.54, 1.807) is 23.1 Å². The van der Waals surface area contributed by atoms with Crippen LogP contribution in [0.4, 0.5) is 0 Å². The molecule has 1 heterocycles. The molecule has 72 valence electrons. The fraction of sp³-hybridized carbons (Fsp3) is 0.500. The van der Waals surface area contributed by atoms with Gasteiger partial charge in [0.2, 0.25) is 0 Å². The van der Waals surface area contributed by atoms with Crippen molar-refractivity contribution >= 4 is 47.9 Å². The van der Waals surface area contributed by atoms with Crippen LogP contribution in [-0.4, -0.2) is 17.3 Å². The summed E-state index contributed by atoms with van der Waals surface area (Å²) in [4.78, 5) is 4.27. The average molecular weight is 247 g/mol. The maximum atomic E-state index is 5.34. The first kappa shape index (κ1) is 15.0.